The highest BCUT2D eigenvalue weighted by atomic mass is 35.5. The molecule has 0 aliphatic carbocycles. The first kappa shape index (κ1) is 16.8. The minimum atomic E-state index is -3.33. The summed E-state index contributed by atoms with van der Waals surface area (Å²) in [6, 6.07) is 12.1. The van der Waals surface area contributed by atoms with Crippen molar-refractivity contribution < 1.29 is 13.2 Å². The average molecular weight is 365 g/mol. The molecule has 0 atom stereocenters. The van der Waals surface area contributed by atoms with Crippen molar-refractivity contribution in [1.82, 2.24) is 0 Å². The van der Waals surface area contributed by atoms with Gasteiger partial charge in [-0.1, -0.05) is 29.3 Å². The lowest BCUT2D eigenvalue weighted by Gasteiger charge is -2.19. The second-order valence-electron chi connectivity index (χ2n) is 5.73. The van der Waals surface area contributed by atoms with Crippen LogP contribution in [0.3, 0.4) is 0 Å². The van der Waals surface area contributed by atoms with Crippen molar-refractivity contribution in [1.29, 1.82) is 0 Å². The topological polar surface area (TPSA) is 66.5 Å². The Morgan fingerprint density at radius 3 is 2.67 bits per heavy atom. The van der Waals surface area contributed by atoms with Crippen LogP contribution < -0.4 is 9.62 Å². The lowest BCUT2D eigenvalue weighted by atomic mass is 10.1. The van der Waals surface area contributed by atoms with Crippen molar-refractivity contribution in [2.45, 2.75) is 13.3 Å². The number of amides is 1. The Morgan fingerprint density at radius 1 is 1.21 bits per heavy atom. The molecule has 2 aromatic carbocycles. The second kappa shape index (κ2) is 6.45. The van der Waals surface area contributed by atoms with Crippen LogP contribution in [0.4, 0.5) is 11.4 Å². The van der Waals surface area contributed by atoms with Gasteiger partial charge >= 0.3 is 0 Å². The van der Waals surface area contributed by atoms with E-state index in [1.165, 1.54) is 4.31 Å². The normalized spacial score (nSPS) is 16.2. The molecule has 1 amide bonds. The van der Waals surface area contributed by atoms with Gasteiger partial charge in [-0.05, 0) is 43.7 Å². The highest BCUT2D eigenvalue weighted by Gasteiger charge is 2.30. The Kier molecular flexibility index (Phi) is 4.51. The Balaban J connectivity index is 1.88. The first-order valence-corrected chi connectivity index (χ1v) is 9.53. The van der Waals surface area contributed by atoms with Crippen molar-refractivity contribution >= 4 is 38.9 Å². The number of rotatable bonds is 3. The smallest absolute Gasteiger partial charge is 0.255 e. The highest BCUT2D eigenvalue weighted by Crippen LogP contribution is 2.33. The van der Waals surface area contributed by atoms with E-state index in [0.29, 0.717) is 34.9 Å². The summed E-state index contributed by atoms with van der Waals surface area (Å²) in [6.45, 7) is 2.31. The summed E-state index contributed by atoms with van der Waals surface area (Å²) in [6.07, 6.45) is 0.568. The van der Waals surface area contributed by atoms with Gasteiger partial charge in [0.1, 0.15) is 0 Å². The van der Waals surface area contributed by atoms with E-state index in [2.05, 4.69) is 5.32 Å². The molecule has 1 N–H and O–H groups in total. The average Bonchev–Trinajstić information content (AvgIpc) is 2.88. The standard InChI is InChI=1S/C17H17ClN2O3S/c1-12-4-2-5-13(10-12)17(21)19-14-6-7-15(18)16(11-14)20-8-3-9-24(20,22)23/h2,4-7,10-11H,3,8-9H2,1H3,(H,19,21). The quantitative estimate of drug-likeness (QED) is 0.907. The fourth-order valence-corrected chi connectivity index (χ4v) is 4.52. The molecule has 0 bridgehead atoms. The van der Waals surface area contributed by atoms with Crippen LogP contribution in [0.5, 0.6) is 0 Å². The van der Waals surface area contributed by atoms with Crippen LogP contribution in [0.1, 0.15) is 22.3 Å². The van der Waals surface area contributed by atoms with Gasteiger partial charge in [0.05, 0.1) is 16.5 Å². The maximum atomic E-state index is 12.3. The molecular weight excluding hydrogens is 348 g/mol. The van der Waals surface area contributed by atoms with Crippen molar-refractivity contribution in [2.24, 2.45) is 0 Å². The van der Waals surface area contributed by atoms with Crippen LogP contribution in [-0.2, 0) is 10.0 Å². The summed E-state index contributed by atoms with van der Waals surface area (Å²) in [5.74, 6) is -0.139. The minimum absolute atomic E-state index is 0.114. The Labute approximate surface area is 146 Å². The predicted octanol–water partition coefficient (Wildman–Crippen LogP) is 3.44. The number of aryl methyl sites for hydroxylation is 1. The molecular formula is C17H17ClN2O3S. The van der Waals surface area contributed by atoms with Crippen LogP contribution >= 0.6 is 11.6 Å². The molecule has 1 fully saturated rings. The van der Waals surface area contributed by atoms with E-state index in [1.807, 2.05) is 19.1 Å². The van der Waals surface area contributed by atoms with Gasteiger partial charge in [-0.15, -0.1) is 0 Å². The van der Waals surface area contributed by atoms with E-state index < -0.39 is 10.0 Å². The van der Waals surface area contributed by atoms with E-state index in [1.54, 1.807) is 30.3 Å². The summed E-state index contributed by atoms with van der Waals surface area (Å²) in [4.78, 5) is 12.3. The molecule has 1 saturated heterocycles. The zero-order chi connectivity index (χ0) is 17.3. The van der Waals surface area contributed by atoms with E-state index in [9.17, 15) is 13.2 Å². The molecule has 1 aliphatic rings. The third-order valence-corrected chi connectivity index (χ3v) is 6.03. The van der Waals surface area contributed by atoms with E-state index >= 15 is 0 Å². The third-order valence-electron chi connectivity index (χ3n) is 3.85. The van der Waals surface area contributed by atoms with Crippen LogP contribution in [0, 0.1) is 6.92 Å². The SMILES string of the molecule is Cc1cccc(C(=O)Nc2ccc(Cl)c(N3CCCS3(=O)=O)c2)c1. The van der Waals surface area contributed by atoms with E-state index in [4.69, 9.17) is 11.6 Å². The summed E-state index contributed by atoms with van der Waals surface area (Å²) in [5, 5.41) is 3.13. The maximum Gasteiger partial charge on any atom is 0.255 e. The van der Waals surface area contributed by atoms with Crippen LogP contribution in [-0.4, -0.2) is 26.6 Å². The Bertz CT molecular complexity index is 896. The molecule has 5 nitrogen and oxygen atoms in total. The molecule has 2 aromatic rings. The summed E-state index contributed by atoms with van der Waals surface area (Å²) in [7, 11) is -3.33. The summed E-state index contributed by atoms with van der Waals surface area (Å²) >= 11 is 6.16. The largest absolute Gasteiger partial charge is 0.322 e. The summed E-state index contributed by atoms with van der Waals surface area (Å²) < 4.78 is 25.5. The van der Waals surface area contributed by atoms with Gasteiger partial charge in [0.25, 0.3) is 5.91 Å². The number of anilines is 2. The molecule has 0 unspecified atom stereocenters. The number of sulfonamides is 1. The molecule has 3 rings (SSSR count). The number of benzene rings is 2. The fraction of sp³-hybridized carbons (Fsp3) is 0.235. The van der Waals surface area contributed by atoms with Gasteiger partial charge < -0.3 is 5.32 Å². The second-order valence-corrected chi connectivity index (χ2v) is 8.15. The molecule has 126 valence electrons. The summed E-state index contributed by atoms with van der Waals surface area (Å²) in [5.41, 5.74) is 2.43. The zero-order valence-electron chi connectivity index (χ0n) is 13.1. The van der Waals surface area contributed by atoms with Gasteiger partial charge in [0.15, 0.2) is 0 Å². The number of carbonyl (C=O) groups is 1. The first-order chi connectivity index (χ1) is 11.4. The number of nitrogens with one attached hydrogen (secondary N) is 1. The Hall–Kier alpha value is -2.05. The van der Waals surface area contributed by atoms with Crippen LogP contribution in [0.25, 0.3) is 0 Å². The monoisotopic (exact) mass is 364 g/mol. The lowest BCUT2D eigenvalue weighted by Crippen LogP contribution is -2.25. The maximum absolute atomic E-state index is 12.3. The Morgan fingerprint density at radius 2 is 2.00 bits per heavy atom. The van der Waals surface area contributed by atoms with Crippen LogP contribution in [0.15, 0.2) is 42.5 Å². The predicted molar refractivity (Wildman–Crippen MR) is 96.3 cm³/mol. The van der Waals surface area contributed by atoms with Crippen molar-refractivity contribution in [3.05, 3.63) is 58.6 Å². The van der Waals surface area contributed by atoms with Gasteiger partial charge in [-0.2, -0.15) is 0 Å². The van der Waals surface area contributed by atoms with Gasteiger partial charge in [0, 0.05) is 17.8 Å². The third kappa shape index (κ3) is 3.39. The number of hydrogen-bond donors (Lipinski definition) is 1. The highest BCUT2D eigenvalue weighted by molar-refractivity contribution is 7.93. The zero-order valence-corrected chi connectivity index (χ0v) is 14.7. The van der Waals surface area contributed by atoms with Crippen LogP contribution in [0.2, 0.25) is 5.02 Å². The number of halogens is 1. The number of carbonyl (C=O) groups excluding carboxylic acids is 1. The molecule has 1 heterocycles. The van der Waals surface area contributed by atoms with Crippen molar-refractivity contribution in [3.63, 3.8) is 0 Å². The van der Waals surface area contributed by atoms with Crippen molar-refractivity contribution in [2.75, 3.05) is 21.9 Å². The molecule has 1 aliphatic heterocycles. The minimum Gasteiger partial charge on any atom is -0.322 e. The van der Waals surface area contributed by atoms with Gasteiger partial charge in [-0.3, -0.25) is 9.10 Å². The number of nitrogens with zero attached hydrogens (tertiary/aromatic N) is 1. The van der Waals surface area contributed by atoms with E-state index in [0.717, 1.165) is 5.56 Å². The number of hydrogen-bond acceptors (Lipinski definition) is 3. The molecule has 0 saturated carbocycles. The molecule has 0 radical (unpaired) electrons. The molecule has 0 spiro atoms. The van der Waals surface area contributed by atoms with E-state index in [-0.39, 0.29) is 11.7 Å². The van der Waals surface area contributed by atoms with Crippen molar-refractivity contribution in [3.8, 4) is 0 Å². The van der Waals surface area contributed by atoms with Gasteiger partial charge in [-0.25, -0.2) is 8.42 Å². The van der Waals surface area contributed by atoms with Gasteiger partial charge in [0.2, 0.25) is 10.0 Å². The lowest BCUT2D eigenvalue weighted by molar-refractivity contribution is 0.102. The molecule has 24 heavy (non-hydrogen) atoms. The molecule has 0 aromatic heterocycles. The fourth-order valence-electron chi connectivity index (χ4n) is 2.68. The molecule has 7 heteroatoms. The first-order valence-electron chi connectivity index (χ1n) is 7.55.